The molecule has 0 aromatic rings. The maximum absolute atomic E-state index is 5.94. The van der Waals surface area contributed by atoms with Crippen molar-refractivity contribution in [2.24, 2.45) is 5.41 Å². The van der Waals surface area contributed by atoms with Crippen LogP contribution in [-0.2, 0) is 9.47 Å². The van der Waals surface area contributed by atoms with Crippen LogP contribution >= 0.6 is 15.9 Å². The van der Waals surface area contributed by atoms with E-state index >= 15 is 0 Å². The minimum Gasteiger partial charge on any atom is -0.376 e. The quantitative estimate of drug-likeness (QED) is 0.525. The van der Waals surface area contributed by atoms with Gasteiger partial charge in [-0.2, -0.15) is 0 Å². The molecule has 0 spiro atoms. The maximum Gasteiger partial charge on any atom is 0.0704 e. The Balaban J connectivity index is 2.27. The molecule has 0 radical (unpaired) electrons. The lowest BCUT2D eigenvalue weighted by atomic mass is 9.62. The van der Waals surface area contributed by atoms with Crippen LogP contribution in [0, 0.1) is 5.41 Å². The first-order chi connectivity index (χ1) is 7.56. The van der Waals surface area contributed by atoms with Crippen LogP contribution in [0.25, 0.3) is 0 Å². The zero-order valence-corrected chi connectivity index (χ0v) is 12.5. The predicted molar refractivity (Wildman–Crippen MR) is 71.2 cm³/mol. The summed E-state index contributed by atoms with van der Waals surface area (Å²) in [7, 11) is 0. The van der Waals surface area contributed by atoms with E-state index in [-0.39, 0.29) is 0 Å². The predicted octanol–water partition coefficient (Wildman–Crippen LogP) is 3.77. The summed E-state index contributed by atoms with van der Waals surface area (Å²) in [5.74, 6) is 0. The number of halogens is 1. The molecular weight excluding hydrogens is 268 g/mol. The van der Waals surface area contributed by atoms with Crippen molar-refractivity contribution in [3.8, 4) is 0 Å². The average Bonchev–Trinajstić information content (AvgIpc) is 2.24. The van der Waals surface area contributed by atoms with Gasteiger partial charge in [-0.25, -0.2) is 0 Å². The highest BCUT2D eigenvalue weighted by Gasteiger charge is 2.51. The maximum atomic E-state index is 5.94. The minimum absolute atomic E-state index is 0.302. The summed E-state index contributed by atoms with van der Waals surface area (Å²) in [6.07, 6.45) is 4.24. The first-order valence-electron chi connectivity index (χ1n) is 6.44. The summed E-state index contributed by atoms with van der Waals surface area (Å²) in [6.45, 7) is 10.1. The van der Waals surface area contributed by atoms with Crippen molar-refractivity contribution >= 4 is 15.9 Å². The summed E-state index contributed by atoms with van der Waals surface area (Å²) in [5, 5.41) is 0. The molecule has 0 aromatic heterocycles. The molecule has 1 aliphatic carbocycles. The van der Waals surface area contributed by atoms with Gasteiger partial charge >= 0.3 is 0 Å². The number of alkyl halides is 1. The normalized spacial score (nSPS) is 28.1. The Hall–Kier alpha value is 0.400. The van der Waals surface area contributed by atoms with Gasteiger partial charge in [0.2, 0.25) is 0 Å². The van der Waals surface area contributed by atoms with Gasteiger partial charge in [-0.3, -0.25) is 0 Å². The Bertz CT molecular complexity index is 202. The molecule has 0 bridgehead atoms. The number of ether oxygens (including phenoxy) is 2. The van der Waals surface area contributed by atoms with E-state index in [9.17, 15) is 0 Å². The van der Waals surface area contributed by atoms with Crippen LogP contribution in [0.1, 0.15) is 47.0 Å². The van der Waals surface area contributed by atoms with Crippen molar-refractivity contribution < 1.29 is 9.47 Å². The molecule has 0 aliphatic heterocycles. The van der Waals surface area contributed by atoms with E-state index in [1.807, 2.05) is 0 Å². The third kappa shape index (κ3) is 2.99. The van der Waals surface area contributed by atoms with Gasteiger partial charge in [0, 0.05) is 10.2 Å². The Morgan fingerprint density at radius 2 is 1.88 bits per heavy atom. The topological polar surface area (TPSA) is 18.5 Å². The molecule has 1 aliphatic rings. The van der Waals surface area contributed by atoms with Crippen molar-refractivity contribution in [3.05, 3.63) is 0 Å². The Kier molecular flexibility index (Phi) is 5.75. The highest BCUT2D eigenvalue weighted by atomic mass is 79.9. The fourth-order valence-electron chi connectivity index (χ4n) is 2.56. The molecule has 1 fully saturated rings. The lowest BCUT2D eigenvalue weighted by Gasteiger charge is -2.53. The third-order valence-corrected chi connectivity index (χ3v) is 5.14. The molecule has 96 valence electrons. The fraction of sp³-hybridized carbons (Fsp3) is 1.00. The van der Waals surface area contributed by atoms with Crippen LogP contribution in [0.5, 0.6) is 0 Å². The van der Waals surface area contributed by atoms with E-state index in [1.54, 1.807) is 0 Å². The second kappa shape index (κ2) is 6.36. The molecule has 0 saturated heterocycles. The van der Waals surface area contributed by atoms with E-state index in [4.69, 9.17) is 9.47 Å². The summed E-state index contributed by atoms with van der Waals surface area (Å²) in [5.41, 5.74) is 0.359. The van der Waals surface area contributed by atoms with Gasteiger partial charge in [0.25, 0.3) is 0 Å². The first-order valence-corrected chi connectivity index (χ1v) is 7.35. The van der Waals surface area contributed by atoms with Crippen molar-refractivity contribution in [2.45, 2.75) is 64.0 Å². The van der Waals surface area contributed by atoms with Crippen LogP contribution in [0.15, 0.2) is 0 Å². The van der Waals surface area contributed by atoms with Gasteiger partial charge in [-0.05, 0) is 33.1 Å². The van der Waals surface area contributed by atoms with E-state index in [2.05, 4.69) is 43.6 Å². The Morgan fingerprint density at radius 3 is 2.31 bits per heavy atom. The average molecular weight is 293 g/mol. The van der Waals surface area contributed by atoms with Crippen LogP contribution in [0.2, 0.25) is 0 Å². The lowest BCUT2D eigenvalue weighted by molar-refractivity contribution is -0.121. The summed E-state index contributed by atoms with van der Waals surface area (Å²) < 4.78 is 11.4. The monoisotopic (exact) mass is 292 g/mol. The van der Waals surface area contributed by atoms with Gasteiger partial charge in [-0.15, -0.1) is 0 Å². The standard InChI is InChI=1S/C13H25BrO2/c1-5-13(6-2)11(14)9-12(13)16-8-7-15-10(3)4/h10-12H,5-9H2,1-4H3. The minimum atomic E-state index is 0.302. The molecule has 1 rings (SSSR count). The molecule has 0 N–H and O–H groups in total. The highest BCUT2D eigenvalue weighted by Crippen LogP contribution is 2.52. The van der Waals surface area contributed by atoms with Gasteiger partial charge in [0.1, 0.15) is 0 Å². The Morgan fingerprint density at radius 1 is 1.25 bits per heavy atom. The fourth-order valence-corrected chi connectivity index (χ4v) is 3.84. The van der Waals surface area contributed by atoms with E-state index in [1.165, 1.54) is 12.8 Å². The molecule has 1 saturated carbocycles. The van der Waals surface area contributed by atoms with Crippen LogP contribution in [-0.4, -0.2) is 30.2 Å². The zero-order chi connectivity index (χ0) is 12.2. The summed E-state index contributed by atoms with van der Waals surface area (Å²) >= 11 is 3.77. The molecule has 2 nitrogen and oxygen atoms in total. The molecule has 2 unspecified atom stereocenters. The second-order valence-corrected chi connectivity index (χ2v) is 6.03. The molecule has 3 heteroatoms. The third-order valence-electron chi connectivity index (χ3n) is 3.86. The van der Waals surface area contributed by atoms with Gasteiger partial charge in [-0.1, -0.05) is 29.8 Å². The Labute approximate surface area is 108 Å². The highest BCUT2D eigenvalue weighted by molar-refractivity contribution is 9.09. The van der Waals surface area contributed by atoms with Gasteiger partial charge in [0.15, 0.2) is 0 Å². The first kappa shape index (κ1) is 14.5. The molecule has 0 heterocycles. The number of hydrogen-bond acceptors (Lipinski definition) is 2. The lowest BCUT2D eigenvalue weighted by Crippen LogP contribution is -2.55. The van der Waals surface area contributed by atoms with Crippen molar-refractivity contribution in [1.29, 1.82) is 0 Å². The number of rotatable bonds is 7. The summed E-state index contributed by atoms with van der Waals surface area (Å²) in [4.78, 5) is 0.631. The summed E-state index contributed by atoms with van der Waals surface area (Å²) in [6, 6.07) is 0. The largest absolute Gasteiger partial charge is 0.376 e. The molecule has 16 heavy (non-hydrogen) atoms. The van der Waals surface area contributed by atoms with Crippen molar-refractivity contribution in [1.82, 2.24) is 0 Å². The van der Waals surface area contributed by atoms with E-state index in [0.717, 1.165) is 13.0 Å². The molecule has 2 atom stereocenters. The SMILES string of the molecule is CCC1(CC)C(Br)CC1OCCOC(C)C. The molecule has 0 amide bonds. The number of hydrogen-bond donors (Lipinski definition) is 0. The molecule has 0 aromatic carbocycles. The molecular formula is C13H25BrO2. The second-order valence-electron chi connectivity index (χ2n) is 4.92. The van der Waals surface area contributed by atoms with Crippen LogP contribution in [0.4, 0.5) is 0 Å². The van der Waals surface area contributed by atoms with Gasteiger partial charge < -0.3 is 9.47 Å². The van der Waals surface area contributed by atoms with E-state index < -0.39 is 0 Å². The van der Waals surface area contributed by atoms with Crippen molar-refractivity contribution in [2.75, 3.05) is 13.2 Å². The van der Waals surface area contributed by atoms with Gasteiger partial charge in [0.05, 0.1) is 25.4 Å². The van der Waals surface area contributed by atoms with Crippen molar-refractivity contribution in [3.63, 3.8) is 0 Å². The zero-order valence-electron chi connectivity index (χ0n) is 11.0. The van der Waals surface area contributed by atoms with Crippen LogP contribution < -0.4 is 0 Å². The van der Waals surface area contributed by atoms with Crippen LogP contribution in [0.3, 0.4) is 0 Å². The van der Waals surface area contributed by atoms with E-state index in [0.29, 0.717) is 29.1 Å². The smallest absolute Gasteiger partial charge is 0.0704 e.